The van der Waals surface area contributed by atoms with Crippen LogP contribution in [-0.4, -0.2) is 36.4 Å². The second-order valence-electron chi connectivity index (χ2n) is 7.59. The molecule has 1 aromatic rings. The lowest BCUT2D eigenvalue weighted by molar-refractivity contribution is -0.178. The number of rotatable bonds is 2. The van der Waals surface area contributed by atoms with E-state index in [-0.39, 0.29) is 11.3 Å². The molecule has 1 amide bonds. The number of ether oxygens (including phenoxy) is 1. The number of aliphatic imine (C=N–C) groups is 1. The Morgan fingerprint density at radius 2 is 2.04 bits per heavy atom. The Kier molecular flexibility index (Phi) is 4.23. The first kappa shape index (κ1) is 18.0. The van der Waals surface area contributed by atoms with Crippen LogP contribution in [0, 0.1) is 5.41 Å². The fraction of sp³-hybridized carbons (Fsp3) is 0.579. The number of hydrogen-bond donors (Lipinski definition) is 0. The lowest BCUT2D eigenvalue weighted by Gasteiger charge is -2.45. The van der Waals surface area contributed by atoms with Crippen molar-refractivity contribution in [1.29, 1.82) is 0 Å². The molecule has 1 aliphatic heterocycles. The summed E-state index contributed by atoms with van der Waals surface area (Å²) >= 11 is 3.52. The quantitative estimate of drug-likeness (QED) is 0.708. The van der Waals surface area contributed by atoms with Gasteiger partial charge in [0.05, 0.1) is 6.10 Å². The molecule has 1 fully saturated rings. The molecule has 2 spiro atoms. The van der Waals surface area contributed by atoms with Gasteiger partial charge in [0.15, 0.2) is 5.54 Å². The molecule has 1 atom stereocenters. The summed E-state index contributed by atoms with van der Waals surface area (Å²) in [5.74, 6) is 0.688. The number of carbonyl (C=O) groups is 1. The third-order valence-corrected chi connectivity index (χ3v) is 6.87. The summed E-state index contributed by atoms with van der Waals surface area (Å²) in [6, 6.07) is 6.03. The molecule has 1 heterocycles. The molecule has 2 aliphatic carbocycles. The highest BCUT2D eigenvalue weighted by Crippen LogP contribution is 2.62. The Morgan fingerprint density at radius 3 is 2.62 bits per heavy atom. The molecular weight excluding hydrogens is 406 g/mol. The van der Waals surface area contributed by atoms with Gasteiger partial charge in [-0.1, -0.05) is 22.0 Å². The zero-order chi connectivity index (χ0) is 18.7. The van der Waals surface area contributed by atoms with Crippen LogP contribution in [0.2, 0.25) is 0 Å². The molecule has 1 saturated carbocycles. The minimum Gasteiger partial charge on any atom is -0.320 e. The van der Waals surface area contributed by atoms with Crippen molar-refractivity contribution in [2.24, 2.45) is 10.4 Å². The summed E-state index contributed by atoms with van der Waals surface area (Å²) in [5, 5.41) is 0. The third kappa shape index (κ3) is 2.39. The van der Waals surface area contributed by atoms with Gasteiger partial charge in [0, 0.05) is 16.9 Å². The lowest BCUT2D eigenvalue weighted by atomic mass is 9.61. The number of fused-ring (bicyclic) bond motifs is 3. The predicted molar refractivity (Wildman–Crippen MR) is 97.2 cm³/mol. The van der Waals surface area contributed by atoms with Gasteiger partial charge in [0.25, 0.3) is 5.91 Å². The van der Waals surface area contributed by atoms with Crippen molar-refractivity contribution in [2.75, 3.05) is 7.05 Å². The summed E-state index contributed by atoms with van der Waals surface area (Å²) in [6.45, 7) is -0.902. The summed E-state index contributed by atoms with van der Waals surface area (Å²) in [7, 11) is 1.76. The van der Waals surface area contributed by atoms with Crippen LogP contribution in [0.15, 0.2) is 27.7 Å². The number of hydrogen-bond acceptors (Lipinski definition) is 3. The number of amidine groups is 1. The molecule has 0 N–H and O–H groups in total. The maximum Gasteiger partial charge on any atom is 0.345 e. The third-order valence-electron chi connectivity index (χ3n) is 6.37. The molecule has 26 heavy (non-hydrogen) atoms. The number of nitrogens with zero attached hydrogens (tertiary/aromatic N) is 2. The van der Waals surface area contributed by atoms with Gasteiger partial charge in [-0.3, -0.25) is 9.79 Å². The van der Waals surface area contributed by atoms with E-state index in [1.165, 1.54) is 0 Å². The van der Waals surface area contributed by atoms with E-state index in [2.05, 4.69) is 15.9 Å². The first-order valence-electron chi connectivity index (χ1n) is 8.86. The van der Waals surface area contributed by atoms with Gasteiger partial charge in [-0.05, 0) is 62.3 Å². The van der Waals surface area contributed by atoms with E-state index in [0.717, 1.165) is 22.0 Å². The van der Waals surface area contributed by atoms with E-state index < -0.39 is 18.3 Å². The van der Waals surface area contributed by atoms with E-state index in [9.17, 15) is 13.6 Å². The van der Waals surface area contributed by atoms with Gasteiger partial charge in [-0.25, -0.2) is 0 Å². The predicted octanol–water partition coefficient (Wildman–Crippen LogP) is 4.26. The second kappa shape index (κ2) is 6.09. The molecule has 1 unspecified atom stereocenters. The van der Waals surface area contributed by atoms with E-state index >= 15 is 0 Å². The summed E-state index contributed by atoms with van der Waals surface area (Å²) < 4.78 is 30.8. The number of halogens is 3. The number of likely N-dealkylation sites (N-methyl/N-ethyl adjacent to an activating group) is 1. The van der Waals surface area contributed by atoms with Crippen LogP contribution in [0.4, 0.5) is 8.78 Å². The van der Waals surface area contributed by atoms with E-state index in [1.54, 1.807) is 11.9 Å². The van der Waals surface area contributed by atoms with Gasteiger partial charge < -0.3 is 9.64 Å². The maximum absolute atomic E-state index is 13.4. The van der Waals surface area contributed by atoms with Crippen LogP contribution < -0.4 is 0 Å². The van der Waals surface area contributed by atoms with Crippen molar-refractivity contribution in [3.05, 3.63) is 33.8 Å². The molecular formula is C19H21BrF2N2O2. The molecule has 1 aromatic carbocycles. The number of benzene rings is 1. The van der Waals surface area contributed by atoms with Crippen molar-refractivity contribution < 1.29 is 18.3 Å². The highest BCUT2D eigenvalue weighted by molar-refractivity contribution is 9.10. The largest absolute Gasteiger partial charge is 0.345 e. The number of carbonyl (C=O) groups excluding carboxylic acids is 1. The van der Waals surface area contributed by atoms with Crippen LogP contribution in [0.1, 0.15) is 43.7 Å². The molecule has 140 valence electrons. The lowest BCUT2D eigenvalue weighted by Crippen LogP contribution is -2.51. The van der Waals surface area contributed by atoms with Gasteiger partial charge in [0.1, 0.15) is 5.84 Å². The van der Waals surface area contributed by atoms with Crippen LogP contribution in [0.25, 0.3) is 0 Å². The standard InChI is InChI=1S/C19H21BrF2N2O2/c1-11-23-19(16(25)24(11)2)15-9-13(20)4-3-12(15)10-18(19)7-5-14(6-8-18)26-17(21)22/h3-4,9,14,17H,5-8,10H2,1-2H3/t14-,18-,19?. The van der Waals surface area contributed by atoms with Crippen LogP contribution in [0.5, 0.6) is 0 Å². The molecule has 7 heteroatoms. The minimum atomic E-state index is -2.75. The highest BCUT2D eigenvalue weighted by Gasteiger charge is 2.65. The Morgan fingerprint density at radius 1 is 1.35 bits per heavy atom. The molecule has 4 nitrogen and oxygen atoms in total. The first-order valence-corrected chi connectivity index (χ1v) is 9.65. The zero-order valence-electron chi connectivity index (χ0n) is 14.8. The van der Waals surface area contributed by atoms with E-state index in [0.29, 0.717) is 31.5 Å². The Bertz CT molecular complexity index is 790. The average molecular weight is 427 g/mol. The molecule has 4 rings (SSSR count). The van der Waals surface area contributed by atoms with Crippen molar-refractivity contribution >= 4 is 27.7 Å². The first-order chi connectivity index (χ1) is 12.3. The van der Waals surface area contributed by atoms with E-state index in [4.69, 9.17) is 9.73 Å². The number of alkyl halides is 2. The average Bonchev–Trinajstić information content (AvgIpc) is 2.98. The SMILES string of the molecule is CC1=NC2(C(=O)N1C)c1cc(Br)ccc1C[C@]21CC[C@@H](OC(F)F)CC1. The fourth-order valence-corrected chi connectivity index (χ4v) is 5.42. The summed E-state index contributed by atoms with van der Waals surface area (Å²) in [4.78, 5) is 19.9. The minimum absolute atomic E-state index is 0.0138. The Hall–Kier alpha value is -1.34. The van der Waals surface area contributed by atoms with Crippen molar-refractivity contribution in [1.82, 2.24) is 4.90 Å². The highest BCUT2D eigenvalue weighted by atomic mass is 79.9. The monoisotopic (exact) mass is 426 g/mol. The van der Waals surface area contributed by atoms with Gasteiger partial charge in [0.2, 0.25) is 0 Å². The topological polar surface area (TPSA) is 41.9 Å². The van der Waals surface area contributed by atoms with Crippen LogP contribution in [0.3, 0.4) is 0 Å². The number of amides is 1. The molecule has 3 aliphatic rings. The van der Waals surface area contributed by atoms with Gasteiger partial charge >= 0.3 is 6.61 Å². The summed E-state index contributed by atoms with van der Waals surface area (Å²) in [6.07, 6.45) is 2.63. The van der Waals surface area contributed by atoms with Crippen LogP contribution in [-0.2, 0) is 21.5 Å². The second-order valence-corrected chi connectivity index (χ2v) is 8.50. The summed E-state index contributed by atoms with van der Waals surface area (Å²) in [5.41, 5.74) is 0.762. The molecule has 0 radical (unpaired) electrons. The molecule has 0 bridgehead atoms. The van der Waals surface area contributed by atoms with Crippen LogP contribution >= 0.6 is 15.9 Å². The smallest absolute Gasteiger partial charge is 0.320 e. The van der Waals surface area contributed by atoms with Crippen molar-refractivity contribution in [3.63, 3.8) is 0 Å². The van der Waals surface area contributed by atoms with E-state index in [1.807, 2.05) is 25.1 Å². The molecule has 0 aromatic heterocycles. The normalized spacial score (nSPS) is 33.5. The maximum atomic E-state index is 13.4. The van der Waals surface area contributed by atoms with Crippen molar-refractivity contribution in [3.8, 4) is 0 Å². The van der Waals surface area contributed by atoms with Gasteiger partial charge in [-0.2, -0.15) is 8.78 Å². The van der Waals surface area contributed by atoms with Gasteiger partial charge in [-0.15, -0.1) is 0 Å². The van der Waals surface area contributed by atoms with Crippen molar-refractivity contribution in [2.45, 2.75) is 57.3 Å². The Balaban J connectivity index is 1.78. The molecule has 0 saturated heterocycles. The zero-order valence-corrected chi connectivity index (χ0v) is 16.4. The Labute approximate surface area is 159 Å². The fourth-order valence-electron chi connectivity index (χ4n) is 5.06.